The van der Waals surface area contributed by atoms with E-state index in [0.717, 1.165) is 24.8 Å². The minimum absolute atomic E-state index is 0.168. The zero-order valence-electron chi connectivity index (χ0n) is 12.6. The number of piperidine rings is 1. The lowest BCUT2D eigenvalue weighted by Crippen LogP contribution is -2.43. The molecule has 0 bridgehead atoms. The largest absolute Gasteiger partial charge is 0.481 e. The molecule has 0 aromatic rings. The van der Waals surface area contributed by atoms with Crippen LogP contribution in [0.3, 0.4) is 0 Å². The number of nitrogens with one attached hydrogen (secondary N) is 1. The summed E-state index contributed by atoms with van der Waals surface area (Å²) in [5.74, 6) is 1.37. The Morgan fingerprint density at radius 3 is 2.21 bits per heavy atom. The van der Waals surface area contributed by atoms with Crippen molar-refractivity contribution in [2.75, 3.05) is 13.1 Å². The van der Waals surface area contributed by atoms with Crippen molar-refractivity contribution in [3.8, 4) is 0 Å². The summed E-state index contributed by atoms with van der Waals surface area (Å²) in [6.45, 7) is 8.72. The quantitative estimate of drug-likeness (QED) is 0.808. The van der Waals surface area contributed by atoms with E-state index in [4.69, 9.17) is 5.11 Å². The van der Waals surface area contributed by atoms with Crippen molar-refractivity contribution in [2.24, 2.45) is 29.1 Å². The van der Waals surface area contributed by atoms with E-state index in [2.05, 4.69) is 26.1 Å². The van der Waals surface area contributed by atoms with Gasteiger partial charge in [-0.25, -0.2) is 0 Å². The molecule has 110 valence electrons. The minimum Gasteiger partial charge on any atom is -0.481 e. The molecule has 0 amide bonds. The molecule has 2 fully saturated rings. The predicted molar refractivity (Wildman–Crippen MR) is 77.0 cm³/mol. The average Bonchev–Trinajstić information content (AvgIpc) is 2.38. The molecule has 3 nitrogen and oxygen atoms in total. The number of hydrogen-bond donors (Lipinski definition) is 2. The van der Waals surface area contributed by atoms with Crippen molar-refractivity contribution in [1.82, 2.24) is 5.32 Å². The molecule has 2 unspecified atom stereocenters. The number of hydrogen-bond acceptors (Lipinski definition) is 2. The molecular weight excluding hydrogens is 238 g/mol. The van der Waals surface area contributed by atoms with E-state index < -0.39 is 5.97 Å². The number of carboxylic acid groups (broad SMARTS) is 1. The molecule has 0 radical (unpaired) electrons. The van der Waals surface area contributed by atoms with Gasteiger partial charge in [0.15, 0.2) is 0 Å². The monoisotopic (exact) mass is 267 g/mol. The first-order valence-electron chi connectivity index (χ1n) is 7.81. The van der Waals surface area contributed by atoms with E-state index in [1.165, 1.54) is 25.7 Å². The predicted octanol–water partition coefficient (Wildman–Crippen LogP) is 3.15. The van der Waals surface area contributed by atoms with Crippen LogP contribution in [0.25, 0.3) is 0 Å². The van der Waals surface area contributed by atoms with Crippen LogP contribution < -0.4 is 5.32 Å². The van der Waals surface area contributed by atoms with Gasteiger partial charge in [0.1, 0.15) is 0 Å². The molecule has 2 atom stereocenters. The fraction of sp³-hybridized carbons (Fsp3) is 0.938. The molecule has 0 aromatic carbocycles. The molecule has 2 N–H and O–H groups in total. The lowest BCUT2D eigenvalue weighted by atomic mass is 9.66. The highest BCUT2D eigenvalue weighted by Crippen LogP contribution is 2.43. The Balaban J connectivity index is 1.86. The fourth-order valence-electron chi connectivity index (χ4n) is 3.98. The summed E-state index contributed by atoms with van der Waals surface area (Å²) in [5.41, 5.74) is 0.430. The maximum absolute atomic E-state index is 11.1. The summed E-state index contributed by atoms with van der Waals surface area (Å²) in [6, 6.07) is 0. The van der Waals surface area contributed by atoms with Crippen LogP contribution in [-0.2, 0) is 4.79 Å². The number of rotatable bonds is 2. The topological polar surface area (TPSA) is 49.3 Å². The highest BCUT2D eigenvalue weighted by molar-refractivity contribution is 5.70. The van der Waals surface area contributed by atoms with Gasteiger partial charge in [-0.1, -0.05) is 20.8 Å². The standard InChI is InChI=1S/C16H29NO2/c1-16(2,3)14-6-4-11(5-7-14)12-8-13(15(18)19)10-17-9-12/h11-14,17H,4-10H2,1-3H3,(H,18,19). The van der Waals surface area contributed by atoms with E-state index in [1.54, 1.807) is 0 Å². The Hall–Kier alpha value is -0.570. The summed E-state index contributed by atoms with van der Waals surface area (Å²) < 4.78 is 0. The third kappa shape index (κ3) is 3.71. The van der Waals surface area contributed by atoms with Crippen LogP contribution in [0.2, 0.25) is 0 Å². The third-order valence-corrected chi connectivity index (χ3v) is 5.40. The minimum atomic E-state index is -0.624. The molecule has 1 heterocycles. The molecule has 3 heteroatoms. The zero-order chi connectivity index (χ0) is 14.0. The van der Waals surface area contributed by atoms with Crippen LogP contribution >= 0.6 is 0 Å². The third-order valence-electron chi connectivity index (χ3n) is 5.40. The Labute approximate surface area is 117 Å². The van der Waals surface area contributed by atoms with Crippen LogP contribution in [0, 0.1) is 29.1 Å². The van der Waals surface area contributed by atoms with E-state index in [9.17, 15) is 4.79 Å². The average molecular weight is 267 g/mol. The summed E-state index contributed by atoms with van der Waals surface area (Å²) in [5, 5.41) is 12.5. The lowest BCUT2D eigenvalue weighted by molar-refractivity contribution is -0.143. The lowest BCUT2D eigenvalue weighted by Gasteiger charge is -2.41. The maximum Gasteiger partial charge on any atom is 0.307 e. The Morgan fingerprint density at radius 2 is 1.68 bits per heavy atom. The van der Waals surface area contributed by atoms with Crippen LogP contribution in [0.15, 0.2) is 0 Å². The summed E-state index contributed by atoms with van der Waals surface area (Å²) in [7, 11) is 0. The van der Waals surface area contributed by atoms with Crippen molar-refractivity contribution >= 4 is 5.97 Å². The maximum atomic E-state index is 11.1. The van der Waals surface area contributed by atoms with E-state index in [1.807, 2.05) is 0 Å². The van der Waals surface area contributed by atoms with Gasteiger partial charge in [0, 0.05) is 6.54 Å². The van der Waals surface area contributed by atoms with Gasteiger partial charge in [-0.05, 0) is 61.8 Å². The molecule has 1 aliphatic heterocycles. The first kappa shape index (κ1) is 14.8. The highest BCUT2D eigenvalue weighted by Gasteiger charge is 2.36. The van der Waals surface area contributed by atoms with Crippen molar-refractivity contribution in [1.29, 1.82) is 0 Å². The molecule has 1 saturated carbocycles. The second-order valence-corrected chi connectivity index (χ2v) is 7.67. The first-order valence-corrected chi connectivity index (χ1v) is 7.81. The molecular formula is C16H29NO2. The SMILES string of the molecule is CC(C)(C)C1CCC(C2CNCC(C(=O)O)C2)CC1. The first-order chi connectivity index (χ1) is 8.88. The molecule has 0 aromatic heterocycles. The van der Waals surface area contributed by atoms with Gasteiger partial charge in [0.2, 0.25) is 0 Å². The van der Waals surface area contributed by atoms with Gasteiger partial charge in [0.25, 0.3) is 0 Å². The molecule has 2 rings (SSSR count). The van der Waals surface area contributed by atoms with Gasteiger partial charge in [-0.2, -0.15) is 0 Å². The van der Waals surface area contributed by atoms with Gasteiger partial charge in [0.05, 0.1) is 5.92 Å². The Morgan fingerprint density at radius 1 is 1.05 bits per heavy atom. The number of carboxylic acids is 1. The molecule has 1 aliphatic carbocycles. The van der Waals surface area contributed by atoms with E-state index in [0.29, 0.717) is 17.9 Å². The van der Waals surface area contributed by atoms with Gasteiger partial charge in [-0.15, -0.1) is 0 Å². The number of aliphatic carboxylic acids is 1. The molecule has 2 aliphatic rings. The van der Waals surface area contributed by atoms with E-state index in [-0.39, 0.29) is 5.92 Å². The second kappa shape index (κ2) is 5.82. The van der Waals surface area contributed by atoms with Crippen LogP contribution in [-0.4, -0.2) is 24.2 Å². The van der Waals surface area contributed by atoms with Crippen molar-refractivity contribution in [2.45, 2.75) is 52.9 Å². The van der Waals surface area contributed by atoms with Gasteiger partial charge < -0.3 is 10.4 Å². The van der Waals surface area contributed by atoms with Crippen molar-refractivity contribution < 1.29 is 9.90 Å². The Kier molecular flexibility index (Phi) is 4.54. The van der Waals surface area contributed by atoms with Gasteiger partial charge in [-0.3, -0.25) is 4.79 Å². The summed E-state index contributed by atoms with van der Waals surface area (Å²) >= 11 is 0. The summed E-state index contributed by atoms with van der Waals surface area (Å²) in [4.78, 5) is 11.1. The summed E-state index contributed by atoms with van der Waals surface area (Å²) in [6.07, 6.45) is 6.11. The van der Waals surface area contributed by atoms with E-state index >= 15 is 0 Å². The van der Waals surface area contributed by atoms with Crippen LogP contribution in [0.5, 0.6) is 0 Å². The highest BCUT2D eigenvalue weighted by atomic mass is 16.4. The van der Waals surface area contributed by atoms with Gasteiger partial charge >= 0.3 is 5.97 Å². The van der Waals surface area contributed by atoms with Crippen molar-refractivity contribution in [3.63, 3.8) is 0 Å². The van der Waals surface area contributed by atoms with Crippen LogP contribution in [0.4, 0.5) is 0 Å². The molecule has 19 heavy (non-hydrogen) atoms. The van der Waals surface area contributed by atoms with Crippen molar-refractivity contribution in [3.05, 3.63) is 0 Å². The molecule has 0 spiro atoms. The smallest absolute Gasteiger partial charge is 0.307 e. The second-order valence-electron chi connectivity index (χ2n) is 7.67. The number of carbonyl (C=O) groups is 1. The zero-order valence-corrected chi connectivity index (χ0v) is 12.6. The Bertz CT molecular complexity index is 313. The van der Waals surface area contributed by atoms with Crippen LogP contribution in [0.1, 0.15) is 52.9 Å². The molecule has 1 saturated heterocycles. The fourth-order valence-corrected chi connectivity index (χ4v) is 3.98. The normalized spacial score (nSPS) is 37.0.